The molecule has 0 saturated carbocycles. The second-order valence-corrected chi connectivity index (χ2v) is 5.60. The van der Waals surface area contributed by atoms with Gasteiger partial charge >= 0.3 is 6.09 Å². The Balaban J connectivity index is 2.58. The predicted molar refractivity (Wildman–Crippen MR) is 69.4 cm³/mol. The van der Waals surface area contributed by atoms with Crippen LogP contribution in [0.5, 0.6) is 0 Å². The second kappa shape index (κ2) is 5.44. The lowest BCUT2D eigenvalue weighted by Gasteiger charge is -2.27. The summed E-state index contributed by atoms with van der Waals surface area (Å²) in [6.45, 7) is 8.13. The zero-order chi connectivity index (χ0) is 13.8. The van der Waals surface area contributed by atoms with Crippen LogP contribution >= 0.6 is 0 Å². The van der Waals surface area contributed by atoms with Crippen LogP contribution in [0.4, 0.5) is 4.79 Å². The molecular weight excluding hydrogens is 232 g/mol. The van der Waals surface area contributed by atoms with Gasteiger partial charge < -0.3 is 20.2 Å². The number of carbonyl (C=O) groups excluding carboxylic acids is 1. The standard InChI is InChI=1S/C13H22N2O3/c1-12(2,3)18-11(16)15-9-13(4,8-14)10-6-5-7-17-10/h5-7H,8-9,14H2,1-4H3,(H,15,16). The normalized spacial score (nSPS) is 14.9. The van der Waals surface area contributed by atoms with Crippen molar-refractivity contribution in [3.05, 3.63) is 24.2 Å². The van der Waals surface area contributed by atoms with E-state index in [0.29, 0.717) is 13.1 Å². The van der Waals surface area contributed by atoms with E-state index in [1.54, 1.807) is 12.3 Å². The van der Waals surface area contributed by atoms with E-state index in [0.717, 1.165) is 5.76 Å². The summed E-state index contributed by atoms with van der Waals surface area (Å²) < 4.78 is 10.5. The Morgan fingerprint density at radius 2 is 2.11 bits per heavy atom. The summed E-state index contributed by atoms with van der Waals surface area (Å²) in [6, 6.07) is 3.65. The van der Waals surface area contributed by atoms with Gasteiger partial charge in [0.1, 0.15) is 11.4 Å². The molecule has 0 aromatic carbocycles. The van der Waals surface area contributed by atoms with E-state index in [1.807, 2.05) is 33.8 Å². The van der Waals surface area contributed by atoms with Crippen LogP contribution in [0.3, 0.4) is 0 Å². The van der Waals surface area contributed by atoms with E-state index in [-0.39, 0.29) is 0 Å². The van der Waals surface area contributed by atoms with Gasteiger partial charge in [0.2, 0.25) is 0 Å². The smallest absolute Gasteiger partial charge is 0.407 e. The molecule has 5 heteroatoms. The summed E-state index contributed by atoms with van der Waals surface area (Å²) in [5, 5.41) is 2.72. The summed E-state index contributed by atoms with van der Waals surface area (Å²) >= 11 is 0. The molecule has 0 saturated heterocycles. The largest absolute Gasteiger partial charge is 0.469 e. The predicted octanol–water partition coefficient (Wildman–Crippen LogP) is 2.02. The molecule has 1 heterocycles. The average Bonchev–Trinajstić information content (AvgIpc) is 2.77. The molecular formula is C13H22N2O3. The van der Waals surface area contributed by atoms with Gasteiger partial charge in [-0.3, -0.25) is 0 Å². The van der Waals surface area contributed by atoms with Crippen molar-refractivity contribution in [3.8, 4) is 0 Å². The van der Waals surface area contributed by atoms with Crippen molar-refractivity contribution in [2.75, 3.05) is 13.1 Å². The number of rotatable bonds is 4. The first kappa shape index (κ1) is 14.6. The Bertz CT molecular complexity index is 381. The van der Waals surface area contributed by atoms with Crippen LogP contribution in [0.25, 0.3) is 0 Å². The average molecular weight is 254 g/mol. The number of hydrogen-bond acceptors (Lipinski definition) is 4. The molecule has 1 amide bonds. The SMILES string of the molecule is CC(C)(C)OC(=O)NCC(C)(CN)c1ccco1. The van der Waals surface area contributed by atoms with E-state index < -0.39 is 17.1 Å². The second-order valence-electron chi connectivity index (χ2n) is 5.60. The minimum atomic E-state index is -0.506. The number of alkyl carbamates (subject to hydrolysis) is 1. The van der Waals surface area contributed by atoms with Crippen molar-refractivity contribution < 1.29 is 13.9 Å². The molecule has 0 aliphatic heterocycles. The van der Waals surface area contributed by atoms with Crippen molar-refractivity contribution in [2.45, 2.75) is 38.7 Å². The Morgan fingerprint density at radius 1 is 1.44 bits per heavy atom. The van der Waals surface area contributed by atoms with Gasteiger partial charge in [0.05, 0.1) is 11.7 Å². The molecule has 102 valence electrons. The van der Waals surface area contributed by atoms with Crippen molar-refractivity contribution in [2.24, 2.45) is 5.73 Å². The fourth-order valence-corrected chi connectivity index (χ4v) is 1.46. The van der Waals surface area contributed by atoms with Crippen LogP contribution in [0, 0.1) is 0 Å². The van der Waals surface area contributed by atoms with E-state index in [2.05, 4.69) is 5.32 Å². The van der Waals surface area contributed by atoms with E-state index in [1.165, 1.54) is 0 Å². The van der Waals surface area contributed by atoms with Gasteiger partial charge in [-0.1, -0.05) is 0 Å². The fraction of sp³-hybridized carbons (Fsp3) is 0.615. The molecule has 0 fully saturated rings. The zero-order valence-corrected chi connectivity index (χ0v) is 11.4. The number of furan rings is 1. The highest BCUT2D eigenvalue weighted by Crippen LogP contribution is 2.22. The lowest BCUT2D eigenvalue weighted by molar-refractivity contribution is 0.0514. The molecule has 1 unspecified atom stereocenters. The topological polar surface area (TPSA) is 77.5 Å². The third-order valence-electron chi connectivity index (χ3n) is 2.59. The van der Waals surface area contributed by atoms with Crippen molar-refractivity contribution in [1.29, 1.82) is 0 Å². The van der Waals surface area contributed by atoms with Gasteiger partial charge in [0.15, 0.2) is 0 Å². The Morgan fingerprint density at radius 3 is 2.56 bits per heavy atom. The number of nitrogens with two attached hydrogens (primary N) is 1. The first-order valence-corrected chi connectivity index (χ1v) is 5.98. The van der Waals surface area contributed by atoms with E-state index in [4.69, 9.17) is 14.9 Å². The van der Waals surface area contributed by atoms with Crippen LogP contribution in [0.1, 0.15) is 33.5 Å². The molecule has 1 aromatic heterocycles. The van der Waals surface area contributed by atoms with Crippen LogP contribution in [0.15, 0.2) is 22.8 Å². The highest BCUT2D eigenvalue weighted by molar-refractivity contribution is 5.67. The first-order valence-electron chi connectivity index (χ1n) is 5.98. The van der Waals surface area contributed by atoms with Gasteiger partial charge in [-0.05, 0) is 39.8 Å². The van der Waals surface area contributed by atoms with Gasteiger partial charge in [0, 0.05) is 13.1 Å². The number of ether oxygens (including phenoxy) is 1. The maximum absolute atomic E-state index is 11.6. The van der Waals surface area contributed by atoms with Gasteiger partial charge in [-0.15, -0.1) is 0 Å². The maximum Gasteiger partial charge on any atom is 0.407 e. The van der Waals surface area contributed by atoms with Gasteiger partial charge in [-0.25, -0.2) is 4.79 Å². The molecule has 1 atom stereocenters. The number of amides is 1. The van der Waals surface area contributed by atoms with Crippen LogP contribution in [-0.4, -0.2) is 24.8 Å². The lowest BCUT2D eigenvalue weighted by Crippen LogP contribution is -2.45. The first-order chi connectivity index (χ1) is 8.27. The quantitative estimate of drug-likeness (QED) is 0.861. The molecule has 1 aromatic rings. The number of nitrogens with one attached hydrogen (secondary N) is 1. The minimum absolute atomic E-state index is 0.367. The van der Waals surface area contributed by atoms with Crippen molar-refractivity contribution in [1.82, 2.24) is 5.32 Å². The Labute approximate surface area is 108 Å². The molecule has 3 N–H and O–H groups in total. The van der Waals surface area contributed by atoms with Crippen LogP contribution in [-0.2, 0) is 10.2 Å². The van der Waals surface area contributed by atoms with Crippen molar-refractivity contribution >= 4 is 6.09 Å². The maximum atomic E-state index is 11.6. The van der Waals surface area contributed by atoms with Gasteiger partial charge in [-0.2, -0.15) is 0 Å². The highest BCUT2D eigenvalue weighted by Gasteiger charge is 2.29. The molecule has 0 bridgehead atoms. The third-order valence-corrected chi connectivity index (χ3v) is 2.59. The molecule has 0 spiro atoms. The van der Waals surface area contributed by atoms with Gasteiger partial charge in [0.25, 0.3) is 0 Å². The third kappa shape index (κ3) is 4.07. The minimum Gasteiger partial charge on any atom is -0.469 e. The Hall–Kier alpha value is -1.49. The molecule has 5 nitrogen and oxygen atoms in total. The number of hydrogen-bond donors (Lipinski definition) is 2. The Kier molecular flexibility index (Phi) is 4.40. The molecule has 0 radical (unpaired) electrons. The molecule has 1 rings (SSSR count). The van der Waals surface area contributed by atoms with Crippen LogP contribution < -0.4 is 11.1 Å². The fourth-order valence-electron chi connectivity index (χ4n) is 1.46. The lowest BCUT2D eigenvalue weighted by atomic mass is 9.88. The monoisotopic (exact) mass is 254 g/mol. The van der Waals surface area contributed by atoms with E-state index in [9.17, 15) is 4.79 Å². The highest BCUT2D eigenvalue weighted by atomic mass is 16.6. The summed E-state index contributed by atoms with van der Waals surface area (Å²) in [7, 11) is 0. The number of carbonyl (C=O) groups is 1. The summed E-state index contributed by atoms with van der Waals surface area (Å²) in [5.41, 5.74) is 4.82. The summed E-state index contributed by atoms with van der Waals surface area (Å²) in [5.74, 6) is 0.751. The zero-order valence-electron chi connectivity index (χ0n) is 11.4. The van der Waals surface area contributed by atoms with Crippen molar-refractivity contribution in [3.63, 3.8) is 0 Å². The molecule has 0 aliphatic carbocycles. The molecule has 0 aliphatic rings. The summed E-state index contributed by atoms with van der Waals surface area (Å²) in [4.78, 5) is 11.6. The molecule has 18 heavy (non-hydrogen) atoms. The summed E-state index contributed by atoms with van der Waals surface area (Å²) in [6.07, 6.45) is 1.14. The van der Waals surface area contributed by atoms with Crippen LogP contribution in [0.2, 0.25) is 0 Å². The van der Waals surface area contributed by atoms with E-state index >= 15 is 0 Å².